The van der Waals surface area contributed by atoms with E-state index in [9.17, 15) is 0 Å². The van der Waals surface area contributed by atoms with Crippen molar-refractivity contribution in [1.29, 1.82) is 0 Å². The van der Waals surface area contributed by atoms with E-state index in [0.29, 0.717) is 11.7 Å². The van der Waals surface area contributed by atoms with E-state index < -0.39 is 0 Å². The van der Waals surface area contributed by atoms with E-state index in [4.69, 9.17) is 5.73 Å². The molecule has 0 spiro atoms. The molecule has 0 saturated heterocycles. The number of thioether (sulfide) groups is 1. The smallest absolute Gasteiger partial charge is 0.135 e. The molecule has 0 bridgehead atoms. The Morgan fingerprint density at radius 1 is 1.44 bits per heavy atom. The van der Waals surface area contributed by atoms with E-state index in [0.717, 1.165) is 23.9 Å². The fraction of sp³-hybridized carbons (Fsp3) is 0.636. The third-order valence-electron chi connectivity index (χ3n) is 2.29. The molecule has 5 heteroatoms. The third kappa shape index (κ3) is 3.56. The monoisotopic (exact) mass is 240 g/mol. The van der Waals surface area contributed by atoms with Crippen molar-refractivity contribution in [2.24, 2.45) is 0 Å². The summed E-state index contributed by atoms with van der Waals surface area (Å²) in [5.74, 6) is 3.65. The average molecular weight is 240 g/mol. The van der Waals surface area contributed by atoms with Crippen LogP contribution in [0.4, 0.5) is 11.6 Å². The lowest BCUT2D eigenvalue weighted by Gasteiger charge is -2.19. The molecule has 0 atom stereocenters. The summed E-state index contributed by atoms with van der Waals surface area (Å²) in [6.45, 7) is 5.11. The highest BCUT2D eigenvalue weighted by atomic mass is 32.2. The van der Waals surface area contributed by atoms with Gasteiger partial charge in [-0.2, -0.15) is 11.8 Å². The van der Waals surface area contributed by atoms with Crippen LogP contribution in [0.5, 0.6) is 0 Å². The molecule has 0 fully saturated rings. The van der Waals surface area contributed by atoms with Gasteiger partial charge in [0.1, 0.15) is 17.5 Å². The molecule has 0 aliphatic rings. The summed E-state index contributed by atoms with van der Waals surface area (Å²) in [4.78, 5) is 10.9. The van der Waals surface area contributed by atoms with Gasteiger partial charge < -0.3 is 10.6 Å². The second-order valence-electron chi connectivity index (χ2n) is 4.08. The summed E-state index contributed by atoms with van der Waals surface area (Å²) in [5.41, 5.74) is 5.78. The number of hydrogen-bond donors (Lipinski definition) is 1. The number of anilines is 2. The van der Waals surface area contributed by atoms with Crippen molar-refractivity contribution in [1.82, 2.24) is 9.97 Å². The lowest BCUT2D eigenvalue weighted by molar-refractivity contribution is 0.769. The van der Waals surface area contributed by atoms with Gasteiger partial charge in [0.15, 0.2) is 0 Å². The molecule has 1 aromatic heterocycles. The van der Waals surface area contributed by atoms with Gasteiger partial charge in [-0.15, -0.1) is 0 Å². The SMILES string of the molecule is CSCCN(C)c1cc(N)nc(C(C)C)n1. The normalized spacial score (nSPS) is 10.8. The predicted molar refractivity (Wildman–Crippen MR) is 72.2 cm³/mol. The minimum atomic E-state index is 0.302. The molecule has 4 nitrogen and oxygen atoms in total. The first-order valence-corrected chi connectivity index (χ1v) is 6.78. The second-order valence-corrected chi connectivity index (χ2v) is 5.06. The van der Waals surface area contributed by atoms with Gasteiger partial charge in [-0.25, -0.2) is 9.97 Å². The summed E-state index contributed by atoms with van der Waals surface area (Å²) < 4.78 is 0. The molecular formula is C11H20N4S. The van der Waals surface area contributed by atoms with Crippen LogP contribution >= 0.6 is 11.8 Å². The van der Waals surface area contributed by atoms with Crippen LogP contribution in [-0.2, 0) is 0 Å². The molecule has 0 unspecified atom stereocenters. The van der Waals surface area contributed by atoms with Crippen molar-refractivity contribution >= 4 is 23.4 Å². The first kappa shape index (κ1) is 13.1. The van der Waals surface area contributed by atoms with E-state index in [-0.39, 0.29) is 0 Å². The maximum Gasteiger partial charge on any atom is 0.135 e. The minimum absolute atomic E-state index is 0.302. The van der Waals surface area contributed by atoms with E-state index >= 15 is 0 Å². The second kappa shape index (κ2) is 5.94. The molecule has 2 N–H and O–H groups in total. The van der Waals surface area contributed by atoms with Crippen molar-refractivity contribution < 1.29 is 0 Å². The number of rotatable bonds is 5. The van der Waals surface area contributed by atoms with Crippen LogP contribution in [-0.4, -0.2) is 35.6 Å². The Balaban J connectivity index is 2.86. The van der Waals surface area contributed by atoms with Gasteiger partial charge in [-0.3, -0.25) is 0 Å². The van der Waals surface area contributed by atoms with E-state index in [1.54, 1.807) is 0 Å². The van der Waals surface area contributed by atoms with Crippen LogP contribution < -0.4 is 10.6 Å². The van der Waals surface area contributed by atoms with Crippen molar-refractivity contribution in [3.05, 3.63) is 11.9 Å². The Hall–Kier alpha value is -0.970. The summed E-state index contributed by atoms with van der Waals surface area (Å²) in [6, 6.07) is 1.83. The Morgan fingerprint density at radius 3 is 2.69 bits per heavy atom. The van der Waals surface area contributed by atoms with Gasteiger partial charge in [0.25, 0.3) is 0 Å². The Bertz CT molecular complexity index is 341. The van der Waals surface area contributed by atoms with Crippen LogP contribution in [0.1, 0.15) is 25.6 Å². The molecule has 1 heterocycles. The first-order chi connectivity index (χ1) is 7.54. The molecule has 0 aliphatic heterocycles. The highest BCUT2D eigenvalue weighted by Crippen LogP contribution is 2.17. The number of nitrogens with zero attached hydrogens (tertiary/aromatic N) is 3. The number of nitrogen functional groups attached to an aromatic ring is 1. The molecule has 1 rings (SSSR count). The van der Waals surface area contributed by atoms with Gasteiger partial charge in [0.05, 0.1) is 0 Å². The molecule has 0 amide bonds. The number of aromatic nitrogens is 2. The van der Waals surface area contributed by atoms with Crippen LogP contribution in [0.25, 0.3) is 0 Å². The fourth-order valence-corrected chi connectivity index (χ4v) is 1.72. The van der Waals surface area contributed by atoms with Gasteiger partial charge in [-0.05, 0) is 6.26 Å². The lowest BCUT2D eigenvalue weighted by atomic mass is 10.2. The average Bonchev–Trinajstić information content (AvgIpc) is 2.24. The third-order valence-corrected chi connectivity index (χ3v) is 2.88. The molecule has 90 valence electrons. The van der Waals surface area contributed by atoms with Gasteiger partial charge in [0.2, 0.25) is 0 Å². The summed E-state index contributed by atoms with van der Waals surface area (Å²) in [6.07, 6.45) is 2.10. The number of nitrogens with two attached hydrogens (primary N) is 1. The van der Waals surface area contributed by atoms with Crippen molar-refractivity contribution in [3.63, 3.8) is 0 Å². The summed E-state index contributed by atoms with van der Waals surface area (Å²) in [7, 11) is 2.03. The maximum absolute atomic E-state index is 5.78. The Labute approximate surface area is 102 Å². The van der Waals surface area contributed by atoms with E-state index in [1.165, 1.54) is 0 Å². The van der Waals surface area contributed by atoms with Gasteiger partial charge in [-0.1, -0.05) is 13.8 Å². The highest BCUT2D eigenvalue weighted by Gasteiger charge is 2.09. The zero-order valence-corrected chi connectivity index (χ0v) is 11.2. The highest BCUT2D eigenvalue weighted by molar-refractivity contribution is 7.98. The van der Waals surface area contributed by atoms with E-state index in [2.05, 4.69) is 35.0 Å². The molecule has 0 aliphatic carbocycles. The van der Waals surface area contributed by atoms with Crippen LogP contribution in [0, 0.1) is 0 Å². The van der Waals surface area contributed by atoms with Crippen LogP contribution in [0.15, 0.2) is 6.07 Å². The molecule has 16 heavy (non-hydrogen) atoms. The largest absolute Gasteiger partial charge is 0.384 e. The quantitative estimate of drug-likeness (QED) is 0.853. The van der Waals surface area contributed by atoms with Gasteiger partial charge >= 0.3 is 0 Å². The summed E-state index contributed by atoms with van der Waals surface area (Å²) >= 11 is 1.82. The predicted octanol–water partition coefficient (Wildman–Crippen LogP) is 1.98. The topological polar surface area (TPSA) is 55.0 Å². The van der Waals surface area contributed by atoms with Crippen LogP contribution in [0.2, 0.25) is 0 Å². The fourth-order valence-electron chi connectivity index (χ4n) is 1.27. The van der Waals surface area contributed by atoms with Crippen molar-refractivity contribution in [3.8, 4) is 0 Å². The van der Waals surface area contributed by atoms with Gasteiger partial charge in [0, 0.05) is 31.3 Å². The maximum atomic E-state index is 5.78. The minimum Gasteiger partial charge on any atom is -0.384 e. The zero-order valence-electron chi connectivity index (χ0n) is 10.4. The first-order valence-electron chi connectivity index (χ1n) is 5.39. The molecular weight excluding hydrogens is 220 g/mol. The molecule has 0 radical (unpaired) electrons. The Kier molecular flexibility index (Phi) is 4.86. The van der Waals surface area contributed by atoms with Crippen molar-refractivity contribution in [2.75, 3.05) is 36.2 Å². The molecule has 1 aromatic rings. The Morgan fingerprint density at radius 2 is 2.12 bits per heavy atom. The molecule has 0 aromatic carbocycles. The van der Waals surface area contributed by atoms with Crippen LogP contribution in [0.3, 0.4) is 0 Å². The summed E-state index contributed by atoms with van der Waals surface area (Å²) in [5, 5.41) is 0. The van der Waals surface area contributed by atoms with E-state index in [1.807, 2.05) is 24.9 Å². The standard InChI is InChI=1S/C11H20N4S/c1-8(2)11-13-9(12)7-10(14-11)15(3)5-6-16-4/h7-8H,5-6H2,1-4H3,(H2,12,13,14). The molecule has 0 saturated carbocycles. The van der Waals surface area contributed by atoms with Crippen molar-refractivity contribution in [2.45, 2.75) is 19.8 Å². The zero-order chi connectivity index (χ0) is 12.1. The number of hydrogen-bond acceptors (Lipinski definition) is 5. The lowest BCUT2D eigenvalue weighted by Crippen LogP contribution is -2.22.